The molecule has 1 fully saturated rings. The van der Waals surface area contributed by atoms with Crippen molar-refractivity contribution in [3.8, 4) is 0 Å². The van der Waals surface area contributed by atoms with Crippen LogP contribution in [0.5, 0.6) is 0 Å². The fourth-order valence-electron chi connectivity index (χ4n) is 2.94. The lowest BCUT2D eigenvalue weighted by Crippen LogP contribution is -2.56. The van der Waals surface area contributed by atoms with Crippen LogP contribution in [0.2, 0.25) is 0 Å². The van der Waals surface area contributed by atoms with Crippen molar-refractivity contribution in [1.29, 1.82) is 0 Å². The second kappa shape index (κ2) is 8.33. The summed E-state index contributed by atoms with van der Waals surface area (Å²) in [5.41, 5.74) is 0.387. The van der Waals surface area contributed by atoms with Crippen molar-refractivity contribution in [2.45, 2.75) is 25.6 Å². The zero-order valence-corrected chi connectivity index (χ0v) is 13.9. The van der Waals surface area contributed by atoms with E-state index in [1.54, 1.807) is 37.3 Å². The number of carbonyl (C=O) groups is 2. The van der Waals surface area contributed by atoms with Crippen LogP contribution in [0.1, 0.15) is 23.7 Å². The van der Waals surface area contributed by atoms with Gasteiger partial charge in [-0.1, -0.05) is 18.2 Å². The summed E-state index contributed by atoms with van der Waals surface area (Å²) < 4.78 is 43.0. The van der Waals surface area contributed by atoms with Crippen LogP contribution in [0.4, 0.5) is 13.2 Å². The van der Waals surface area contributed by atoms with Crippen LogP contribution in [0.25, 0.3) is 0 Å². The Kier molecular flexibility index (Phi) is 6.41. The van der Waals surface area contributed by atoms with Gasteiger partial charge in [0.1, 0.15) is 0 Å². The van der Waals surface area contributed by atoms with Crippen LogP contribution in [-0.2, 0) is 9.53 Å². The molecule has 1 saturated heterocycles. The molecule has 1 N–H and O–H groups in total. The number of nitrogens with zero attached hydrogens (tertiary/aromatic N) is 1. The molecule has 1 amide bonds. The Morgan fingerprint density at radius 2 is 1.96 bits per heavy atom. The molecule has 0 radical (unpaired) electrons. The zero-order chi connectivity index (χ0) is 18.4. The van der Waals surface area contributed by atoms with Gasteiger partial charge in [-0.3, -0.25) is 14.5 Å². The molecular weight excluding hydrogens is 337 g/mol. The highest BCUT2D eigenvalue weighted by molar-refractivity contribution is 5.94. The van der Waals surface area contributed by atoms with E-state index in [-0.39, 0.29) is 26.1 Å². The largest absolute Gasteiger partial charge is 0.466 e. The normalized spacial score (nSPS) is 21.6. The molecule has 5 nitrogen and oxygen atoms in total. The van der Waals surface area contributed by atoms with Gasteiger partial charge in [0.2, 0.25) is 0 Å². The molecule has 0 aliphatic carbocycles. The molecular formula is C17H21F3N2O3. The Hall–Kier alpha value is -2.09. The van der Waals surface area contributed by atoms with Crippen molar-refractivity contribution in [3.63, 3.8) is 0 Å². The predicted octanol–water partition coefficient (Wildman–Crippen LogP) is 2.23. The Morgan fingerprint density at radius 3 is 2.56 bits per heavy atom. The second-order valence-corrected chi connectivity index (χ2v) is 5.94. The highest BCUT2D eigenvalue weighted by Crippen LogP contribution is 2.24. The van der Waals surface area contributed by atoms with E-state index in [0.29, 0.717) is 5.56 Å². The first-order valence-electron chi connectivity index (χ1n) is 8.12. The molecule has 25 heavy (non-hydrogen) atoms. The van der Waals surface area contributed by atoms with Gasteiger partial charge >= 0.3 is 12.1 Å². The Balaban J connectivity index is 2.10. The molecule has 2 rings (SSSR count). The third-order valence-electron chi connectivity index (χ3n) is 4.04. The average Bonchev–Trinajstić information content (AvgIpc) is 2.54. The molecule has 1 aromatic rings. The lowest BCUT2D eigenvalue weighted by Gasteiger charge is -2.37. The summed E-state index contributed by atoms with van der Waals surface area (Å²) in [5.74, 6) is -1.57. The van der Waals surface area contributed by atoms with E-state index in [9.17, 15) is 22.8 Å². The number of carbonyl (C=O) groups excluding carboxylic acids is 2. The number of esters is 1. The summed E-state index contributed by atoms with van der Waals surface area (Å²) in [6, 6.07) is 7.60. The monoisotopic (exact) mass is 358 g/mol. The first-order valence-corrected chi connectivity index (χ1v) is 8.12. The maximum Gasteiger partial charge on any atom is 0.401 e. The van der Waals surface area contributed by atoms with Gasteiger partial charge in [0, 0.05) is 12.1 Å². The molecule has 1 aliphatic rings. The fourth-order valence-corrected chi connectivity index (χ4v) is 2.94. The van der Waals surface area contributed by atoms with Gasteiger partial charge in [-0.2, -0.15) is 13.2 Å². The van der Waals surface area contributed by atoms with E-state index >= 15 is 0 Å². The smallest absolute Gasteiger partial charge is 0.401 e. The van der Waals surface area contributed by atoms with Gasteiger partial charge in [0.15, 0.2) is 0 Å². The molecule has 0 aromatic heterocycles. The number of amides is 1. The Labute approximate surface area is 144 Å². The molecule has 0 spiro atoms. The Bertz CT molecular complexity index is 593. The molecule has 0 bridgehead atoms. The lowest BCUT2D eigenvalue weighted by molar-refractivity contribution is -0.157. The zero-order valence-electron chi connectivity index (χ0n) is 13.9. The van der Waals surface area contributed by atoms with E-state index in [2.05, 4.69) is 5.32 Å². The van der Waals surface area contributed by atoms with E-state index in [1.807, 2.05) is 0 Å². The summed E-state index contributed by atoms with van der Waals surface area (Å²) in [6.45, 7) is 0.845. The predicted molar refractivity (Wildman–Crippen MR) is 84.9 cm³/mol. The van der Waals surface area contributed by atoms with Crippen LogP contribution in [0.3, 0.4) is 0 Å². The number of hydrogen-bond donors (Lipinski definition) is 1. The van der Waals surface area contributed by atoms with Crippen LogP contribution in [-0.4, -0.2) is 55.2 Å². The topological polar surface area (TPSA) is 58.6 Å². The minimum absolute atomic E-state index is 0.0540. The summed E-state index contributed by atoms with van der Waals surface area (Å²) in [4.78, 5) is 25.6. The second-order valence-electron chi connectivity index (χ2n) is 5.94. The fraction of sp³-hybridized carbons (Fsp3) is 0.529. The number of rotatable bonds is 5. The first-order chi connectivity index (χ1) is 11.8. The Morgan fingerprint density at radius 1 is 1.28 bits per heavy atom. The maximum atomic E-state index is 12.7. The third kappa shape index (κ3) is 5.74. The molecule has 1 aliphatic heterocycles. The highest BCUT2D eigenvalue weighted by atomic mass is 19.4. The van der Waals surface area contributed by atoms with Crippen molar-refractivity contribution in [2.75, 3.05) is 26.2 Å². The van der Waals surface area contributed by atoms with Gasteiger partial charge < -0.3 is 10.1 Å². The van der Waals surface area contributed by atoms with Crippen LogP contribution < -0.4 is 5.32 Å². The number of benzene rings is 1. The van der Waals surface area contributed by atoms with E-state index < -0.39 is 36.6 Å². The molecule has 0 unspecified atom stereocenters. The van der Waals surface area contributed by atoms with Crippen LogP contribution in [0, 0.1) is 5.92 Å². The van der Waals surface area contributed by atoms with Crippen molar-refractivity contribution < 1.29 is 27.5 Å². The molecule has 1 heterocycles. The lowest BCUT2D eigenvalue weighted by atomic mass is 9.91. The number of likely N-dealkylation sites (tertiary alicyclic amines) is 1. The van der Waals surface area contributed by atoms with Gasteiger partial charge in [0.05, 0.1) is 25.1 Å². The standard InChI is InChI=1S/C17H21F3N2O3/c1-2-25-16(24)13-8-9-22(11-17(18,19)20)10-14(13)21-15(23)12-6-4-3-5-7-12/h3-7,13-14H,2,8-11H2,1H3,(H,21,23)/t13-,14+/m0/s1. The summed E-state index contributed by atoms with van der Waals surface area (Å²) in [5, 5.41) is 2.69. The quantitative estimate of drug-likeness (QED) is 0.820. The van der Waals surface area contributed by atoms with Gasteiger partial charge in [0.25, 0.3) is 5.91 Å². The SMILES string of the molecule is CCOC(=O)[C@H]1CCN(CC(F)(F)F)C[C@H]1NC(=O)c1ccccc1. The average molecular weight is 358 g/mol. The minimum Gasteiger partial charge on any atom is -0.466 e. The van der Waals surface area contributed by atoms with Crippen molar-refractivity contribution in [2.24, 2.45) is 5.92 Å². The van der Waals surface area contributed by atoms with Crippen LogP contribution >= 0.6 is 0 Å². The van der Waals surface area contributed by atoms with Crippen molar-refractivity contribution >= 4 is 11.9 Å². The number of piperidine rings is 1. The van der Waals surface area contributed by atoms with Gasteiger partial charge in [-0.05, 0) is 32.0 Å². The van der Waals surface area contributed by atoms with Gasteiger partial charge in [-0.15, -0.1) is 0 Å². The van der Waals surface area contributed by atoms with E-state index in [0.717, 1.165) is 0 Å². The maximum absolute atomic E-state index is 12.7. The van der Waals surface area contributed by atoms with Gasteiger partial charge in [-0.25, -0.2) is 0 Å². The molecule has 138 valence electrons. The highest BCUT2D eigenvalue weighted by Gasteiger charge is 2.40. The summed E-state index contributed by atoms with van der Waals surface area (Å²) in [7, 11) is 0. The van der Waals surface area contributed by atoms with Crippen LogP contribution in [0.15, 0.2) is 30.3 Å². The minimum atomic E-state index is -4.33. The molecule has 0 saturated carbocycles. The molecule has 1 aromatic carbocycles. The number of hydrogen-bond acceptors (Lipinski definition) is 4. The first kappa shape index (κ1) is 19.2. The van der Waals surface area contributed by atoms with Crippen molar-refractivity contribution in [3.05, 3.63) is 35.9 Å². The summed E-state index contributed by atoms with van der Waals surface area (Å²) >= 11 is 0. The molecule has 8 heteroatoms. The molecule has 2 atom stereocenters. The van der Waals surface area contributed by atoms with E-state index in [4.69, 9.17) is 4.74 Å². The number of alkyl halides is 3. The van der Waals surface area contributed by atoms with Crippen molar-refractivity contribution in [1.82, 2.24) is 10.2 Å². The number of halogens is 3. The number of ether oxygens (including phenoxy) is 1. The van der Waals surface area contributed by atoms with E-state index in [1.165, 1.54) is 4.90 Å². The third-order valence-corrected chi connectivity index (χ3v) is 4.04. The number of nitrogens with one attached hydrogen (secondary N) is 1. The summed E-state index contributed by atoms with van der Waals surface area (Å²) in [6.07, 6.45) is -4.13.